The largest absolute Gasteiger partial charge is 0.478 e. The van der Waals surface area contributed by atoms with E-state index in [1.807, 2.05) is 12.1 Å². The van der Waals surface area contributed by atoms with Gasteiger partial charge in [0, 0.05) is 5.41 Å². The number of ether oxygens (including phenoxy) is 1. The Morgan fingerprint density at radius 2 is 2.00 bits per heavy atom. The second kappa shape index (κ2) is 4.39. The van der Waals surface area contributed by atoms with Crippen molar-refractivity contribution < 1.29 is 14.6 Å². The smallest absolute Gasteiger partial charge is 0.335 e. The van der Waals surface area contributed by atoms with Crippen LogP contribution >= 0.6 is 0 Å². The minimum atomic E-state index is -0.848. The van der Waals surface area contributed by atoms with Gasteiger partial charge in [0.15, 0.2) is 0 Å². The van der Waals surface area contributed by atoms with E-state index in [9.17, 15) is 4.79 Å². The Morgan fingerprint density at radius 1 is 1.28 bits per heavy atom. The summed E-state index contributed by atoms with van der Waals surface area (Å²) in [6, 6.07) is 7.41. The highest BCUT2D eigenvalue weighted by Gasteiger charge is 2.47. The van der Waals surface area contributed by atoms with E-state index < -0.39 is 5.97 Å². The highest BCUT2D eigenvalue weighted by atomic mass is 16.5. The van der Waals surface area contributed by atoms with Crippen LogP contribution in [-0.2, 0) is 10.2 Å². The lowest BCUT2D eigenvalue weighted by Gasteiger charge is -2.46. The molecule has 0 spiro atoms. The van der Waals surface area contributed by atoms with E-state index in [2.05, 4.69) is 6.07 Å². The summed E-state index contributed by atoms with van der Waals surface area (Å²) in [4.78, 5) is 11.1. The second-order valence-corrected chi connectivity index (χ2v) is 5.52. The van der Waals surface area contributed by atoms with Crippen molar-refractivity contribution in [2.45, 2.75) is 31.1 Å². The summed E-state index contributed by atoms with van der Waals surface area (Å²) < 4.78 is 5.46. The number of hydrogen-bond donors (Lipinski definition) is 1. The summed E-state index contributed by atoms with van der Waals surface area (Å²) in [5, 5.41) is 9.10. The number of aromatic carboxylic acids is 1. The Labute approximate surface area is 107 Å². The minimum absolute atomic E-state index is 0.0853. The van der Waals surface area contributed by atoms with Crippen molar-refractivity contribution in [3.8, 4) is 0 Å². The van der Waals surface area contributed by atoms with Crippen LogP contribution < -0.4 is 0 Å². The first kappa shape index (κ1) is 11.7. The van der Waals surface area contributed by atoms with Crippen molar-refractivity contribution in [1.29, 1.82) is 0 Å². The number of hydrogen-bond acceptors (Lipinski definition) is 2. The Balaban J connectivity index is 1.95. The molecule has 2 aliphatic rings. The Hall–Kier alpha value is -1.35. The van der Waals surface area contributed by atoms with E-state index in [4.69, 9.17) is 9.84 Å². The molecule has 18 heavy (non-hydrogen) atoms. The van der Waals surface area contributed by atoms with E-state index in [0.29, 0.717) is 11.5 Å². The molecule has 1 aliphatic heterocycles. The van der Waals surface area contributed by atoms with Crippen LogP contribution in [0.3, 0.4) is 0 Å². The molecule has 0 amide bonds. The van der Waals surface area contributed by atoms with Gasteiger partial charge in [-0.15, -0.1) is 0 Å². The molecule has 1 aromatic carbocycles. The standard InChI is InChI=1S/C15H18O3/c16-14(17)11-4-3-7-13(8-11)15(9-18-10-15)12-5-1-2-6-12/h3-4,7-8,12H,1-2,5-6,9-10H2,(H,16,17). The van der Waals surface area contributed by atoms with Gasteiger partial charge >= 0.3 is 5.97 Å². The van der Waals surface area contributed by atoms with Gasteiger partial charge in [0.1, 0.15) is 0 Å². The van der Waals surface area contributed by atoms with Crippen LogP contribution in [0.4, 0.5) is 0 Å². The zero-order valence-electron chi connectivity index (χ0n) is 10.4. The number of rotatable bonds is 3. The van der Waals surface area contributed by atoms with Gasteiger partial charge in [-0.2, -0.15) is 0 Å². The molecular weight excluding hydrogens is 228 g/mol. The van der Waals surface area contributed by atoms with Crippen LogP contribution in [0.5, 0.6) is 0 Å². The number of benzene rings is 1. The maximum atomic E-state index is 11.1. The van der Waals surface area contributed by atoms with Crippen LogP contribution in [0.1, 0.15) is 41.6 Å². The van der Waals surface area contributed by atoms with Crippen LogP contribution in [0.25, 0.3) is 0 Å². The molecule has 0 bridgehead atoms. The third kappa shape index (κ3) is 1.74. The van der Waals surface area contributed by atoms with E-state index >= 15 is 0 Å². The molecule has 1 aromatic rings. The molecule has 96 valence electrons. The fourth-order valence-corrected chi connectivity index (χ4v) is 3.40. The monoisotopic (exact) mass is 246 g/mol. The summed E-state index contributed by atoms with van der Waals surface area (Å²) in [6.07, 6.45) is 5.09. The van der Waals surface area contributed by atoms with E-state index in [-0.39, 0.29) is 5.41 Å². The third-order valence-corrected chi connectivity index (χ3v) is 4.54. The molecule has 1 heterocycles. The predicted molar refractivity (Wildman–Crippen MR) is 67.9 cm³/mol. The first-order chi connectivity index (χ1) is 8.72. The zero-order chi connectivity index (χ0) is 12.6. The molecule has 0 radical (unpaired) electrons. The van der Waals surface area contributed by atoms with Crippen LogP contribution in [0, 0.1) is 5.92 Å². The van der Waals surface area contributed by atoms with Crippen molar-refractivity contribution in [3.05, 3.63) is 35.4 Å². The quantitative estimate of drug-likeness (QED) is 0.892. The fourth-order valence-electron chi connectivity index (χ4n) is 3.40. The zero-order valence-corrected chi connectivity index (χ0v) is 10.4. The number of carbonyl (C=O) groups is 1. The van der Waals surface area contributed by atoms with Crippen molar-refractivity contribution in [3.63, 3.8) is 0 Å². The van der Waals surface area contributed by atoms with Gasteiger partial charge in [-0.25, -0.2) is 4.79 Å². The molecule has 3 nitrogen and oxygen atoms in total. The van der Waals surface area contributed by atoms with Crippen molar-refractivity contribution in [2.24, 2.45) is 5.92 Å². The third-order valence-electron chi connectivity index (χ3n) is 4.54. The summed E-state index contributed by atoms with van der Waals surface area (Å²) in [5.74, 6) is -0.186. The fraction of sp³-hybridized carbons (Fsp3) is 0.533. The molecule has 2 fully saturated rings. The number of carboxylic acid groups (broad SMARTS) is 1. The summed E-state index contributed by atoms with van der Waals surface area (Å²) in [5.41, 5.74) is 1.62. The first-order valence-corrected chi connectivity index (χ1v) is 6.64. The van der Waals surface area contributed by atoms with E-state index in [1.54, 1.807) is 6.07 Å². The molecule has 0 atom stereocenters. The average molecular weight is 246 g/mol. The predicted octanol–water partition coefficient (Wildman–Crippen LogP) is 2.84. The average Bonchev–Trinajstić information content (AvgIpc) is 2.82. The minimum Gasteiger partial charge on any atom is -0.478 e. The Kier molecular flexibility index (Phi) is 2.86. The van der Waals surface area contributed by atoms with Crippen LogP contribution in [0.15, 0.2) is 24.3 Å². The van der Waals surface area contributed by atoms with E-state index in [0.717, 1.165) is 18.8 Å². The molecular formula is C15H18O3. The second-order valence-electron chi connectivity index (χ2n) is 5.52. The molecule has 1 saturated carbocycles. The molecule has 3 heteroatoms. The highest BCUT2D eigenvalue weighted by Crippen LogP contribution is 2.47. The molecule has 0 unspecified atom stereocenters. The molecule has 1 saturated heterocycles. The highest BCUT2D eigenvalue weighted by molar-refractivity contribution is 5.87. The van der Waals surface area contributed by atoms with Crippen molar-refractivity contribution in [1.82, 2.24) is 0 Å². The number of carboxylic acids is 1. The lowest BCUT2D eigenvalue weighted by atomic mass is 9.67. The lowest BCUT2D eigenvalue weighted by Crippen LogP contribution is -2.51. The normalized spacial score (nSPS) is 22.7. The van der Waals surface area contributed by atoms with Gasteiger partial charge in [-0.1, -0.05) is 25.0 Å². The van der Waals surface area contributed by atoms with Crippen molar-refractivity contribution in [2.75, 3.05) is 13.2 Å². The van der Waals surface area contributed by atoms with Gasteiger partial charge in [-0.3, -0.25) is 0 Å². The Morgan fingerprint density at radius 3 is 2.56 bits per heavy atom. The maximum Gasteiger partial charge on any atom is 0.335 e. The molecule has 1 N–H and O–H groups in total. The van der Waals surface area contributed by atoms with Gasteiger partial charge in [-0.05, 0) is 36.5 Å². The lowest BCUT2D eigenvalue weighted by molar-refractivity contribution is -0.0896. The van der Waals surface area contributed by atoms with E-state index in [1.165, 1.54) is 25.7 Å². The molecule has 0 aromatic heterocycles. The van der Waals surface area contributed by atoms with Gasteiger partial charge < -0.3 is 9.84 Å². The summed E-state index contributed by atoms with van der Waals surface area (Å²) in [7, 11) is 0. The van der Waals surface area contributed by atoms with Crippen LogP contribution in [-0.4, -0.2) is 24.3 Å². The topological polar surface area (TPSA) is 46.5 Å². The SMILES string of the molecule is O=C(O)c1cccc(C2(C3CCCC3)COC2)c1. The first-order valence-electron chi connectivity index (χ1n) is 6.64. The van der Waals surface area contributed by atoms with Crippen molar-refractivity contribution >= 4 is 5.97 Å². The Bertz CT molecular complexity index is 457. The van der Waals surface area contributed by atoms with Gasteiger partial charge in [0.2, 0.25) is 0 Å². The van der Waals surface area contributed by atoms with Gasteiger partial charge in [0.05, 0.1) is 18.8 Å². The maximum absolute atomic E-state index is 11.1. The molecule has 1 aliphatic carbocycles. The van der Waals surface area contributed by atoms with Crippen LogP contribution in [0.2, 0.25) is 0 Å². The van der Waals surface area contributed by atoms with Gasteiger partial charge in [0.25, 0.3) is 0 Å². The summed E-state index contributed by atoms with van der Waals surface area (Å²) >= 11 is 0. The summed E-state index contributed by atoms with van der Waals surface area (Å²) in [6.45, 7) is 1.50. The molecule has 3 rings (SSSR count).